The van der Waals surface area contributed by atoms with E-state index in [-0.39, 0.29) is 6.61 Å². The largest absolute Gasteiger partial charge is 0.395 e. The topological polar surface area (TPSA) is 36.4 Å². The Bertz CT molecular complexity index is 268. The van der Waals surface area contributed by atoms with Crippen molar-refractivity contribution in [1.29, 1.82) is 0 Å². The molecule has 0 unspecified atom stereocenters. The van der Waals surface area contributed by atoms with E-state index in [1.165, 1.54) is 4.90 Å². The number of pyridine rings is 1. The zero-order chi connectivity index (χ0) is 9.68. The van der Waals surface area contributed by atoms with E-state index in [9.17, 15) is 0 Å². The molecule has 0 aromatic carbocycles. The molecule has 0 saturated carbocycles. The molecule has 0 spiro atoms. The van der Waals surface area contributed by atoms with Gasteiger partial charge in [-0.2, -0.15) is 0 Å². The molecule has 0 aliphatic heterocycles. The van der Waals surface area contributed by atoms with E-state index in [2.05, 4.69) is 4.98 Å². The molecule has 13 heavy (non-hydrogen) atoms. The Kier molecular flexibility index (Phi) is 4.05. The van der Waals surface area contributed by atoms with E-state index >= 15 is 0 Å². The third kappa shape index (κ3) is 2.90. The zero-order valence-electron chi connectivity index (χ0n) is 7.90. The molecule has 0 radical (unpaired) electrons. The lowest BCUT2D eigenvalue weighted by molar-refractivity contribution is 0.304. The lowest BCUT2D eigenvalue weighted by atomic mass is 10.4. The Morgan fingerprint density at radius 1 is 1.62 bits per heavy atom. The first-order valence-corrected chi connectivity index (χ1v) is 5.32. The summed E-state index contributed by atoms with van der Waals surface area (Å²) in [5.74, 6) is 0.904. The molecule has 1 aromatic rings. The molecule has 72 valence electrons. The van der Waals surface area contributed by atoms with Gasteiger partial charge >= 0.3 is 0 Å². The summed E-state index contributed by atoms with van der Waals surface area (Å²) in [7, 11) is 1.92. The summed E-state index contributed by atoms with van der Waals surface area (Å²) in [5, 5.41) is 8.75. The highest BCUT2D eigenvalue weighted by Crippen LogP contribution is 2.18. The molecule has 1 heterocycles. The van der Waals surface area contributed by atoms with Gasteiger partial charge in [0.05, 0.1) is 6.61 Å². The molecule has 0 aliphatic rings. The summed E-state index contributed by atoms with van der Waals surface area (Å²) in [6.07, 6.45) is 3.82. The fourth-order valence-electron chi connectivity index (χ4n) is 1.000. The van der Waals surface area contributed by atoms with Crippen LogP contribution in [0, 0.1) is 0 Å². The number of hydrogen-bond acceptors (Lipinski definition) is 4. The number of nitrogens with zero attached hydrogens (tertiary/aromatic N) is 2. The van der Waals surface area contributed by atoms with E-state index in [0.29, 0.717) is 6.54 Å². The molecule has 0 amide bonds. The first-order valence-electron chi connectivity index (χ1n) is 4.10. The van der Waals surface area contributed by atoms with Crippen molar-refractivity contribution >= 4 is 17.6 Å². The molecule has 0 saturated heterocycles. The lowest BCUT2D eigenvalue weighted by Gasteiger charge is -2.16. The van der Waals surface area contributed by atoms with E-state index < -0.39 is 0 Å². The highest BCUT2D eigenvalue weighted by molar-refractivity contribution is 7.98. The highest BCUT2D eigenvalue weighted by atomic mass is 32.2. The maximum absolute atomic E-state index is 8.75. The number of thioether (sulfide) groups is 1. The SMILES string of the molecule is CSc1ccnc(N(C)CCO)c1. The van der Waals surface area contributed by atoms with Gasteiger partial charge in [0, 0.05) is 24.7 Å². The molecule has 0 fully saturated rings. The quantitative estimate of drug-likeness (QED) is 0.738. The van der Waals surface area contributed by atoms with Gasteiger partial charge in [-0.15, -0.1) is 11.8 Å². The second-order valence-electron chi connectivity index (χ2n) is 2.70. The Hall–Kier alpha value is -0.740. The number of aromatic nitrogens is 1. The molecule has 0 bridgehead atoms. The number of hydrogen-bond donors (Lipinski definition) is 1. The predicted molar refractivity (Wildman–Crippen MR) is 56.4 cm³/mol. The van der Waals surface area contributed by atoms with Gasteiger partial charge in [0.2, 0.25) is 0 Å². The molecule has 0 atom stereocenters. The van der Waals surface area contributed by atoms with Gasteiger partial charge < -0.3 is 10.0 Å². The number of rotatable bonds is 4. The van der Waals surface area contributed by atoms with Crippen molar-refractivity contribution in [2.45, 2.75) is 4.90 Å². The molecule has 1 rings (SSSR count). The summed E-state index contributed by atoms with van der Waals surface area (Å²) in [6, 6.07) is 3.99. The fourth-order valence-corrected chi connectivity index (χ4v) is 1.42. The third-order valence-electron chi connectivity index (χ3n) is 1.78. The maximum Gasteiger partial charge on any atom is 0.129 e. The summed E-state index contributed by atoms with van der Waals surface area (Å²) >= 11 is 1.69. The van der Waals surface area contributed by atoms with E-state index in [1.54, 1.807) is 18.0 Å². The minimum Gasteiger partial charge on any atom is -0.395 e. The van der Waals surface area contributed by atoms with Gasteiger partial charge in [-0.05, 0) is 18.4 Å². The van der Waals surface area contributed by atoms with Crippen molar-refractivity contribution in [3.63, 3.8) is 0 Å². The molecule has 0 aliphatic carbocycles. The lowest BCUT2D eigenvalue weighted by Crippen LogP contribution is -2.22. The Balaban J connectivity index is 2.75. The van der Waals surface area contributed by atoms with Crippen LogP contribution in [0.25, 0.3) is 0 Å². The van der Waals surface area contributed by atoms with Crippen LogP contribution >= 0.6 is 11.8 Å². The molecule has 1 N–H and O–H groups in total. The number of aliphatic hydroxyl groups excluding tert-OH is 1. The first-order chi connectivity index (χ1) is 6.27. The molecular formula is C9H14N2OS. The number of anilines is 1. The Morgan fingerprint density at radius 2 is 2.38 bits per heavy atom. The highest BCUT2D eigenvalue weighted by Gasteiger charge is 2.01. The summed E-state index contributed by atoms with van der Waals surface area (Å²) < 4.78 is 0. The van der Waals surface area contributed by atoms with E-state index in [4.69, 9.17) is 5.11 Å². The summed E-state index contributed by atoms with van der Waals surface area (Å²) in [6.45, 7) is 0.770. The number of aliphatic hydroxyl groups is 1. The van der Waals surface area contributed by atoms with Gasteiger partial charge in [0.1, 0.15) is 5.82 Å². The van der Waals surface area contributed by atoms with E-state index in [1.807, 2.05) is 30.3 Å². The van der Waals surface area contributed by atoms with Gasteiger partial charge in [-0.1, -0.05) is 0 Å². The van der Waals surface area contributed by atoms with Crippen LogP contribution in [0.15, 0.2) is 23.2 Å². The zero-order valence-corrected chi connectivity index (χ0v) is 8.71. The van der Waals surface area contributed by atoms with Crippen molar-refractivity contribution in [1.82, 2.24) is 4.98 Å². The van der Waals surface area contributed by atoms with Crippen LogP contribution in [0.1, 0.15) is 0 Å². The smallest absolute Gasteiger partial charge is 0.129 e. The van der Waals surface area contributed by atoms with Gasteiger partial charge in [-0.25, -0.2) is 4.98 Å². The van der Waals surface area contributed by atoms with Crippen molar-refractivity contribution in [2.24, 2.45) is 0 Å². The minimum absolute atomic E-state index is 0.154. The van der Waals surface area contributed by atoms with E-state index in [0.717, 1.165) is 5.82 Å². The monoisotopic (exact) mass is 198 g/mol. The van der Waals surface area contributed by atoms with Crippen LogP contribution < -0.4 is 4.90 Å². The van der Waals surface area contributed by atoms with Gasteiger partial charge in [0.25, 0.3) is 0 Å². The molecule has 1 aromatic heterocycles. The fraction of sp³-hybridized carbons (Fsp3) is 0.444. The van der Waals surface area contributed by atoms with Crippen molar-refractivity contribution in [3.8, 4) is 0 Å². The van der Waals surface area contributed by atoms with Gasteiger partial charge in [-0.3, -0.25) is 0 Å². The Morgan fingerprint density at radius 3 is 3.00 bits per heavy atom. The number of likely N-dealkylation sites (N-methyl/N-ethyl adjacent to an activating group) is 1. The van der Waals surface area contributed by atoms with Crippen molar-refractivity contribution < 1.29 is 5.11 Å². The molecule has 3 nitrogen and oxygen atoms in total. The van der Waals surface area contributed by atoms with Crippen molar-refractivity contribution in [3.05, 3.63) is 18.3 Å². The first kappa shape index (κ1) is 10.3. The average Bonchev–Trinajstić information content (AvgIpc) is 2.18. The maximum atomic E-state index is 8.75. The molecular weight excluding hydrogens is 184 g/mol. The van der Waals surface area contributed by atoms with Crippen LogP contribution in [0.5, 0.6) is 0 Å². The second kappa shape index (κ2) is 5.09. The second-order valence-corrected chi connectivity index (χ2v) is 3.58. The van der Waals surface area contributed by atoms with Crippen LogP contribution in [-0.4, -0.2) is 36.5 Å². The third-order valence-corrected chi connectivity index (χ3v) is 2.50. The summed E-state index contributed by atoms with van der Waals surface area (Å²) in [4.78, 5) is 7.33. The average molecular weight is 198 g/mol. The van der Waals surface area contributed by atoms with Crippen LogP contribution in [0.2, 0.25) is 0 Å². The van der Waals surface area contributed by atoms with Crippen molar-refractivity contribution in [2.75, 3.05) is 31.4 Å². The summed E-state index contributed by atoms with van der Waals surface area (Å²) in [5.41, 5.74) is 0. The Labute approximate surface area is 82.8 Å². The normalized spacial score (nSPS) is 10.1. The van der Waals surface area contributed by atoms with Crippen LogP contribution in [-0.2, 0) is 0 Å². The molecule has 4 heteroatoms. The van der Waals surface area contributed by atoms with Crippen LogP contribution in [0.4, 0.5) is 5.82 Å². The minimum atomic E-state index is 0.154. The van der Waals surface area contributed by atoms with Crippen LogP contribution in [0.3, 0.4) is 0 Å². The predicted octanol–water partition coefficient (Wildman–Crippen LogP) is 1.23. The van der Waals surface area contributed by atoms with Gasteiger partial charge in [0.15, 0.2) is 0 Å². The standard InChI is InChI=1S/C9H14N2OS/c1-11(5-6-12)9-7-8(13-2)3-4-10-9/h3-4,7,12H,5-6H2,1-2H3.